The zero-order valence-corrected chi connectivity index (χ0v) is 10.5. The number of nitrogens with zero attached hydrogens (tertiary/aromatic N) is 3. The van der Waals surface area contributed by atoms with Crippen LogP contribution in [0.2, 0.25) is 0 Å². The molecule has 3 rings (SSSR count). The predicted molar refractivity (Wildman–Crippen MR) is 65.8 cm³/mol. The van der Waals surface area contributed by atoms with Crippen LogP contribution in [0.4, 0.5) is 0 Å². The summed E-state index contributed by atoms with van der Waals surface area (Å²) in [5, 5.41) is 4.38. The van der Waals surface area contributed by atoms with Gasteiger partial charge in [0.25, 0.3) is 0 Å². The molecule has 0 N–H and O–H groups in total. The minimum absolute atomic E-state index is 0.864. The highest BCUT2D eigenvalue weighted by molar-refractivity contribution is 14.1. The third kappa shape index (κ3) is 1.56. The Bertz CT molecular complexity index is 531. The molecule has 1 aliphatic heterocycles. The van der Waals surface area contributed by atoms with Crippen LogP contribution in [0.5, 0.6) is 0 Å². The number of benzene rings is 1. The number of rotatable bonds is 0. The monoisotopic (exact) mass is 311 g/mol. The Balaban J connectivity index is 2.10. The van der Waals surface area contributed by atoms with Crippen molar-refractivity contribution in [2.75, 3.05) is 0 Å². The van der Waals surface area contributed by atoms with Crippen LogP contribution in [0.1, 0.15) is 22.8 Å². The highest BCUT2D eigenvalue weighted by Gasteiger charge is 2.17. The molecule has 0 aliphatic carbocycles. The summed E-state index contributed by atoms with van der Waals surface area (Å²) >= 11 is 2.35. The normalized spacial score (nSPS) is 13.5. The summed E-state index contributed by atoms with van der Waals surface area (Å²) in [5.74, 6) is 1.95. The van der Waals surface area contributed by atoms with E-state index in [1.54, 1.807) is 0 Å². The molecule has 3 nitrogen and oxygen atoms in total. The van der Waals surface area contributed by atoms with Crippen LogP contribution in [-0.2, 0) is 13.0 Å². The summed E-state index contributed by atoms with van der Waals surface area (Å²) in [7, 11) is 0. The van der Waals surface area contributed by atoms with E-state index < -0.39 is 0 Å². The van der Waals surface area contributed by atoms with Crippen LogP contribution in [0.15, 0.2) is 18.2 Å². The molecule has 0 radical (unpaired) electrons. The second-order valence-corrected chi connectivity index (χ2v) is 5.07. The molecule has 15 heavy (non-hydrogen) atoms. The van der Waals surface area contributed by atoms with Gasteiger partial charge in [0.15, 0.2) is 0 Å². The first-order valence-corrected chi connectivity index (χ1v) is 5.98. The zero-order valence-electron chi connectivity index (χ0n) is 8.37. The van der Waals surface area contributed by atoms with E-state index in [9.17, 15) is 0 Å². The maximum absolute atomic E-state index is 4.43. The average molecular weight is 311 g/mol. The first kappa shape index (κ1) is 9.33. The van der Waals surface area contributed by atoms with Crippen molar-refractivity contribution in [3.05, 3.63) is 44.5 Å². The maximum atomic E-state index is 4.43. The summed E-state index contributed by atoms with van der Waals surface area (Å²) in [6, 6.07) is 6.58. The van der Waals surface area contributed by atoms with E-state index in [0.717, 1.165) is 24.6 Å². The van der Waals surface area contributed by atoms with Crippen molar-refractivity contribution in [1.82, 2.24) is 14.8 Å². The molecule has 2 aromatic rings. The number of fused-ring (bicyclic) bond motifs is 2. The lowest BCUT2D eigenvalue weighted by molar-refractivity contribution is 0.617. The minimum atomic E-state index is 0.864. The van der Waals surface area contributed by atoms with Gasteiger partial charge < -0.3 is 0 Å². The molecule has 0 atom stereocenters. The molecule has 0 bridgehead atoms. The second kappa shape index (κ2) is 3.30. The Labute approximate surface area is 102 Å². The van der Waals surface area contributed by atoms with Crippen molar-refractivity contribution in [1.29, 1.82) is 0 Å². The van der Waals surface area contributed by atoms with Crippen LogP contribution < -0.4 is 0 Å². The van der Waals surface area contributed by atoms with Gasteiger partial charge in [-0.25, -0.2) is 9.67 Å². The molecule has 1 aromatic heterocycles. The first-order chi connectivity index (χ1) is 7.22. The highest BCUT2D eigenvalue weighted by atomic mass is 127. The zero-order chi connectivity index (χ0) is 10.4. The lowest BCUT2D eigenvalue weighted by Crippen LogP contribution is -2.15. The van der Waals surface area contributed by atoms with Gasteiger partial charge in [0, 0.05) is 9.99 Å². The SMILES string of the molecule is Cc1nc2n(n1)Cc1ccc(I)cc1C2. The van der Waals surface area contributed by atoms with Gasteiger partial charge in [-0.15, -0.1) is 0 Å². The molecule has 1 aliphatic rings. The Morgan fingerprint density at radius 3 is 3.07 bits per heavy atom. The van der Waals surface area contributed by atoms with Crippen LogP contribution >= 0.6 is 22.6 Å². The molecule has 0 fully saturated rings. The van der Waals surface area contributed by atoms with Gasteiger partial charge in [-0.3, -0.25) is 0 Å². The molecule has 4 heteroatoms. The van der Waals surface area contributed by atoms with E-state index in [4.69, 9.17) is 0 Å². The van der Waals surface area contributed by atoms with Crippen LogP contribution in [0, 0.1) is 10.5 Å². The van der Waals surface area contributed by atoms with Crippen molar-refractivity contribution in [3.63, 3.8) is 0 Å². The fourth-order valence-electron chi connectivity index (χ4n) is 2.00. The third-order valence-electron chi connectivity index (χ3n) is 2.69. The molecule has 0 saturated carbocycles. The van der Waals surface area contributed by atoms with Crippen molar-refractivity contribution >= 4 is 22.6 Å². The Morgan fingerprint density at radius 1 is 1.33 bits per heavy atom. The molecule has 0 saturated heterocycles. The number of hydrogen-bond donors (Lipinski definition) is 0. The van der Waals surface area contributed by atoms with E-state index in [1.165, 1.54) is 14.7 Å². The number of halogens is 1. The fourth-order valence-corrected chi connectivity index (χ4v) is 2.56. The minimum Gasteiger partial charge on any atom is -0.245 e. The van der Waals surface area contributed by atoms with Crippen molar-refractivity contribution in [3.8, 4) is 0 Å². The molecule has 0 unspecified atom stereocenters. The molecular formula is C11H10IN3. The number of aryl methyl sites for hydroxylation is 1. The van der Waals surface area contributed by atoms with E-state index in [-0.39, 0.29) is 0 Å². The quantitative estimate of drug-likeness (QED) is 0.596. The van der Waals surface area contributed by atoms with Gasteiger partial charge >= 0.3 is 0 Å². The van der Waals surface area contributed by atoms with E-state index in [0.29, 0.717) is 0 Å². The second-order valence-electron chi connectivity index (χ2n) is 3.82. The van der Waals surface area contributed by atoms with Crippen molar-refractivity contribution in [2.24, 2.45) is 0 Å². The van der Waals surface area contributed by atoms with Gasteiger partial charge in [0.2, 0.25) is 0 Å². The Hall–Kier alpha value is -0.910. The lowest BCUT2D eigenvalue weighted by atomic mass is 10.0. The number of hydrogen-bond acceptors (Lipinski definition) is 2. The topological polar surface area (TPSA) is 30.7 Å². The Morgan fingerprint density at radius 2 is 2.20 bits per heavy atom. The van der Waals surface area contributed by atoms with Crippen LogP contribution in [0.25, 0.3) is 0 Å². The summed E-state index contributed by atoms with van der Waals surface area (Å²) in [5.41, 5.74) is 2.76. The van der Waals surface area contributed by atoms with E-state index in [1.807, 2.05) is 11.6 Å². The van der Waals surface area contributed by atoms with Gasteiger partial charge in [-0.2, -0.15) is 5.10 Å². The maximum Gasteiger partial charge on any atom is 0.147 e. The fraction of sp³-hybridized carbons (Fsp3) is 0.273. The van der Waals surface area contributed by atoms with E-state index >= 15 is 0 Å². The highest BCUT2D eigenvalue weighted by Crippen LogP contribution is 2.22. The van der Waals surface area contributed by atoms with E-state index in [2.05, 4.69) is 50.9 Å². The first-order valence-electron chi connectivity index (χ1n) is 4.90. The van der Waals surface area contributed by atoms with Crippen molar-refractivity contribution in [2.45, 2.75) is 19.9 Å². The summed E-state index contributed by atoms with van der Waals surface area (Å²) in [4.78, 5) is 4.43. The standard InChI is InChI=1S/C11H10IN3/c1-7-13-11-5-9-4-10(12)3-2-8(9)6-15(11)14-7/h2-4H,5-6H2,1H3. The smallest absolute Gasteiger partial charge is 0.147 e. The van der Waals surface area contributed by atoms with Gasteiger partial charge in [-0.05, 0) is 52.8 Å². The van der Waals surface area contributed by atoms with Gasteiger partial charge in [-0.1, -0.05) is 6.07 Å². The van der Waals surface area contributed by atoms with Gasteiger partial charge in [0.05, 0.1) is 6.54 Å². The molecule has 1 aromatic carbocycles. The third-order valence-corrected chi connectivity index (χ3v) is 3.36. The summed E-state index contributed by atoms with van der Waals surface area (Å²) in [6.07, 6.45) is 0.910. The van der Waals surface area contributed by atoms with Crippen LogP contribution in [0.3, 0.4) is 0 Å². The van der Waals surface area contributed by atoms with Crippen molar-refractivity contribution < 1.29 is 0 Å². The molecular weight excluding hydrogens is 301 g/mol. The average Bonchev–Trinajstić information content (AvgIpc) is 2.53. The molecule has 0 amide bonds. The lowest BCUT2D eigenvalue weighted by Gasteiger charge is -2.16. The molecule has 76 valence electrons. The summed E-state index contributed by atoms with van der Waals surface area (Å²) in [6.45, 7) is 2.81. The molecule has 2 heterocycles. The molecule has 0 spiro atoms. The largest absolute Gasteiger partial charge is 0.245 e. The number of aromatic nitrogens is 3. The van der Waals surface area contributed by atoms with Gasteiger partial charge in [0.1, 0.15) is 11.6 Å². The predicted octanol–water partition coefficient (Wildman–Crippen LogP) is 2.14. The van der Waals surface area contributed by atoms with Crippen LogP contribution in [-0.4, -0.2) is 14.8 Å². The Kier molecular flexibility index (Phi) is 2.05. The summed E-state index contributed by atoms with van der Waals surface area (Å²) < 4.78 is 3.29.